The van der Waals surface area contributed by atoms with E-state index in [1.165, 1.54) is 23.9 Å². The van der Waals surface area contributed by atoms with Crippen molar-refractivity contribution < 1.29 is 13.9 Å². The molecule has 0 spiro atoms. The highest BCUT2D eigenvalue weighted by molar-refractivity contribution is 7.99. The Morgan fingerprint density at radius 3 is 2.55 bits per heavy atom. The Balaban J connectivity index is 1.59. The van der Waals surface area contributed by atoms with Crippen molar-refractivity contribution in [2.45, 2.75) is 31.0 Å². The number of amides is 1. The lowest BCUT2D eigenvalue weighted by Gasteiger charge is -2.27. The highest BCUT2D eigenvalue weighted by Gasteiger charge is 2.32. The number of carbonyl (C=O) groups excluding carboxylic acids is 1. The molecular formula is C23H22FN3O3S. The minimum Gasteiger partial charge on any atom is -0.489 e. The number of halogens is 1. The number of hydrogen-bond donors (Lipinski definition) is 1. The standard InChI is InChI=1S/C23H22FN3O3S/c1-3-31-23-26-22(29)20-18(12-19(28)25-21(20)27(23)2)15-6-10-17(11-7-15)30-13-14-4-8-16(24)9-5-14/h4-11,18H,3,12-13H2,1-2H3,(H,25,28). The van der Waals surface area contributed by atoms with Crippen molar-refractivity contribution in [1.82, 2.24) is 9.55 Å². The topological polar surface area (TPSA) is 73.2 Å². The van der Waals surface area contributed by atoms with Crippen molar-refractivity contribution in [3.05, 3.63) is 81.4 Å². The highest BCUT2D eigenvalue weighted by Crippen LogP contribution is 2.36. The van der Waals surface area contributed by atoms with Crippen LogP contribution >= 0.6 is 11.8 Å². The van der Waals surface area contributed by atoms with Gasteiger partial charge in [0.1, 0.15) is 24.0 Å². The number of benzene rings is 2. The molecule has 1 aliphatic rings. The second kappa shape index (κ2) is 8.93. The number of fused-ring (bicyclic) bond motifs is 1. The predicted molar refractivity (Wildman–Crippen MR) is 118 cm³/mol. The van der Waals surface area contributed by atoms with Crippen LogP contribution in [0.3, 0.4) is 0 Å². The lowest BCUT2D eigenvalue weighted by atomic mass is 9.87. The zero-order valence-corrected chi connectivity index (χ0v) is 18.0. The number of anilines is 1. The van der Waals surface area contributed by atoms with Gasteiger partial charge in [-0.1, -0.05) is 43.0 Å². The van der Waals surface area contributed by atoms with Gasteiger partial charge in [0.05, 0.1) is 5.56 Å². The summed E-state index contributed by atoms with van der Waals surface area (Å²) in [5.41, 5.74) is 1.90. The largest absolute Gasteiger partial charge is 0.489 e. The summed E-state index contributed by atoms with van der Waals surface area (Å²) >= 11 is 1.46. The van der Waals surface area contributed by atoms with E-state index >= 15 is 0 Å². The molecule has 2 heterocycles. The quantitative estimate of drug-likeness (QED) is 0.463. The first-order chi connectivity index (χ1) is 15.0. The molecule has 31 heavy (non-hydrogen) atoms. The molecule has 1 amide bonds. The highest BCUT2D eigenvalue weighted by atomic mass is 32.2. The zero-order valence-electron chi connectivity index (χ0n) is 17.2. The molecule has 0 bridgehead atoms. The Kier molecular flexibility index (Phi) is 6.08. The van der Waals surface area contributed by atoms with Crippen LogP contribution < -0.4 is 15.6 Å². The van der Waals surface area contributed by atoms with Gasteiger partial charge in [0, 0.05) is 19.4 Å². The molecule has 2 aromatic carbocycles. The smallest absolute Gasteiger partial charge is 0.279 e. The van der Waals surface area contributed by atoms with E-state index in [-0.39, 0.29) is 29.6 Å². The minimum atomic E-state index is -0.373. The molecule has 1 atom stereocenters. The number of hydrogen-bond acceptors (Lipinski definition) is 5. The van der Waals surface area contributed by atoms with E-state index in [9.17, 15) is 14.0 Å². The third-order valence-electron chi connectivity index (χ3n) is 5.18. The fraction of sp³-hybridized carbons (Fsp3) is 0.261. The molecular weight excluding hydrogens is 417 g/mol. The molecule has 1 unspecified atom stereocenters. The van der Waals surface area contributed by atoms with E-state index in [0.29, 0.717) is 28.9 Å². The van der Waals surface area contributed by atoms with Gasteiger partial charge in [0.15, 0.2) is 5.16 Å². The number of thioether (sulfide) groups is 1. The molecule has 0 fully saturated rings. The van der Waals surface area contributed by atoms with Crippen LogP contribution in [0.1, 0.15) is 36.0 Å². The number of nitrogens with one attached hydrogen (secondary N) is 1. The molecule has 1 N–H and O–H groups in total. The third-order valence-corrected chi connectivity index (χ3v) is 6.09. The molecule has 0 saturated heterocycles. The van der Waals surface area contributed by atoms with Gasteiger partial charge < -0.3 is 14.6 Å². The van der Waals surface area contributed by atoms with E-state index in [2.05, 4.69) is 10.3 Å². The molecule has 3 aromatic rings. The van der Waals surface area contributed by atoms with Crippen LogP contribution in [0.2, 0.25) is 0 Å². The van der Waals surface area contributed by atoms with Gasteiger partial charge in [-0.3, -0.25) is 9.59 Å². The van der Waals surface area contributed by atoms with Gasteiger partial charge >= 0.3 is 0 Å². The molecule has 6 nitrogen and oxygen atoms in total. The molecule has 0 saturated carbocycles. The monoisotopic (exact) mass is 439 g/mol. The molecule has 1 aromatic heterocycles. The van der Waals surface area contributed by atoms with E-state index in [1.807, 2.05) is 31.2 Å². The molecule has 4 rings (SSSR count). The molecule has 8 heteroatoms. The van der Waals surface area contributed by atoms with Gasteiger partial charge in [-0.05, 0) is 41.1 Å². The number of rotatable bonds is 6. The van der Waals surface area contributed by atoms with Crippen molar-refractivity contribution in [2.75, 3.05) is 11.1 Å². The summed E-state index contributed by atoms with van der Waals surface area (Å²) in [5.74, 6) is 1.13. The van der Waals surface area contributed by atoms with Gasteiger partial charge in [-0.15, -0.1) is 0 Å². The van der Waals surface area contributed by atoms with Crippen molar-refractivity contribution in [3.63, 3.8) is 0 Å². The number of aromatic nitrogens is 2. The summed E-state index contributed by atoms with van der Waals surface area (Å²) in [6.07, 6.45) is 0.181. The first-order valence-electron chi connectivity index (χ1n) is 9.97. The zero-order chi connectivity index (χ0) is 22.0. The minimum absolute atomic E-state index is 0.136. The lowest BCUT2D eigenvalue weighted by Crippen LogP contribution is -2.33. The Hall–Kier alpha value is -3.13. The van der Waals surface area contributed by atoms with Crippen LogP contribution in [-0.2, 0) is 18.4 Å². The Bertz CT molecular complexity index is 1160. The second-order valence-corrected chi connectivity index (χ2v) is 8.47. The summed E-state index contributed by atoms with van der Waals surface area (Å²) in [7, 11) is 1.80. The molecule has 0 radical (unpaired) electrons. The van der Waals surface area contributed by atoms with Crippen molar-refractivity contribution in [1.29, 1.82) is 0 Å². The van der Waals surface area contributed by atoms with Crippen LogP contribution in [0.15, 0.2) is 58.5 Å². The SMILES string of the molecule is CCSc1nc(=O)c2c(n1C)NC(=O)CC2c1ccc(OCc2ccc(F)cc2)cc1. The summed E-state index contributed by atoms with van der Waals surface area (Å²) < 4.78 is 20.6. The van der Waals surface area contributed by atoms with Crippen molar-refractivity contribution >= 4 is 23.5 Å². The van der Waals surface area contributed by atoms with Crippen LogP contribution in [0.25, 0.3) is 0 Å². The van der Waals surface area contributed by atoms with Crippen LogP contribution in [0.4, 0.5) is 10.2 Å². The number of nitrogens with zero attached hydrogens (tertiary/aromatic N) is 2. The fourth-order valence-corrected chi connectivity index (χ4v) is 4.31. The fourth-order valence-electron chi connectivity index (χ4n) is 3.62. The number of carbonyl (C=O) groups is 1. The van der Waals surface area contributed by atoms with Gasteiger partial charge in [-0.25, -0.2) is 4.39 Å². The summed E-state index contributed by atoms with van der Waals surface area (Å²) in [6, 6.07) is 13.5. The molecule has 160 valence electrons. The summed E-state index contributed by atoms with van der Waals surface area (Å²) in [6.45, 7) is 2.30. The van der Waals surface area contributed by atoms with Crippen molar-refractivity contribution in [3.8, 4) is 5.75 Å². The maximum absolute atomic E-state index is 13.0. The van der Waals surface area contributed by atoms with Gasteiger partial charge in [-0.2, -0.15) is 4.98 Å². The maximum atomic E-state index is 13.0. The first kappa shape index (κ1) is 21.1. The van der Waals surface area contributed by atoms with Gasteiger partial charge in [0.2, 0.25) is 5.91 Å². The predicted octanol–water partition coefficient (Wildman–Crippen LogP) is 4.08. The first-order valence-corrected chi connectivity index (χ1v) is 11.0. The van der Waals surface area contributed by atoms with Crippen LogP contribution in [0, 0.1) is 5.82 Å². The molecule has 0 aliphatic carbocycles. The Morgan fingerprint density at radius 2 is 1.87 bits per heavy atom. The van der Waals surface area contributed by atoms with Crippen LogP contribution in [-0.4, -0.2) is 21.2 Å². The van der Waals surface area contributed by atoms with E-state index in [1.54, 1.807) is 23.7 Å². The van der Waals surface area contributed by atoms with Crippen LogP contribution in [0.5, 0.6) is 5.75 Å². The normalized spacial score (nSPS) is 15.3. The van der Waals surface area contributed by atoms with Gasteiger partial charge in [0.25, 0.3) is 5.56 Å². The Labute approximate surface area is 183 Å². The number of ether oxygens (including phenoxy) is 1. The summed E-state index contributed by atoms with van der Waals surface area (Å²) in [5, 5.41) is 3.42. The van der Waals surface area contributed by atoms with E-state index < -0.39 is 0 Å². The average Bonchev–Trinajstić information content (AvgIpc) is 2.77. The Morgan fingerprint density at radius 1 is 1.16 bits per heavy atom. The lowest BCUT2D eigenvalue weighted by molar-refractivity contribution is -0.116. The summed E-state index contributed by atoms with van der Waals surface area (Å²) in [4.78, 5) is 29.4. The third kappa shape index (κ3) is 4.49. The van der Waals surface area contributed by atoms with E-state index in [4.69, 9.17) is 4.74 Å². The van der Waals surface area contributed by atoms with Crippen molar-refractivity contribution in [2.24, 2.45) is 7.05 Å². The van der Waals surface area contributed by atoms with E-state index in [0.717, 1.165) is 16.9 Å². The maximum Gasteiger partial charge on any atom is 0.279 e. The second-order valence-electron chi connectivity index (χ2n) is 7.24. The molecule has 1 aliphatic heterocycles. The average molecular weight is 440 g/mol.